The molecule has 0 heterocycles. The van der Waals surface area contributed by atoms with Gasteiger partial charge in [-0.25, -0.2) is 4.79 Å². The fourth-order valence-corrected chi connectivity index (χ4v) is 2.42. The zero-order valence-corrected chi connectivity index (χ0v) is 13.5. The summed E-state index contributed by atoms with van der Waals surface area (Å²) in [6.45, 7) is 11.7. The van der Waals surface area contributed by atoms with Crippen LogP contribution in [0.15, 0.2) is 0 Å². The number of hydrogen-bond donors (Lipinski definition) is 0. The third-order valence-electron chi connectivity index (χ3n) is 3.16. The maximum atomic E-state index is 12.3. The molecule has 5 nitrogen and oxygen atoms in total. The van der Waals surface area contributed by atoms with Gasteiger partial charge in [0, 0.05) is 0 Å². The van der Waals surface area contributed by atoms with E-state index >= 15 is 0 Å². The molecule has 2 unspecified atom stereocenters. The third-order valence-corrected chi connectivity index (χ3v) is 3.16. The standard InChI is InChI=1S/C15H28O5/c1-7-12(20-14(17)19-9-3)15(6,10-11(4)5)13(16)18-8-2/h11-12H,7-10H2,1-6H3. The van der Waals surface area contributed by atoms with Crippen molar-refractivity contribution in [2.45, 2.75) is 60.5 Å². The lowest BCUT2D eigenvalue weighted by Crippen LogP contribution is -2.44. The summed E-state index contributed by atoms with van der Waals surface area (Å²) < 4.78 is 15.3. The molecule has 2 atom stereocenters. The first-order chi connectivity index (χ1) is 9.31. The summed E-state index contributed by atoms with van der Waals surface area (Å²) in [5, 5.41) is 0. The molecule has 0 saturated carbocycles. The minimum Gasteiger partial charge on any atom is -0.465 e. The summed E-state index contributed by atoms with van der Waals surface area (Å²) in [5.41, 5.74) is -0.855. The van der Waals surface area contributed by atoms with Crippen molar-refractivity contribution >= 4 is 12.1 Å². The first kappa shape index (κ1) is 18.7. The predicted octanol–water partition coefficient (Wildman–Crippen LogP) is 3.55. The molecule has 0 N–H and O–H groups in total. The van der Waals surface area contributed by atoms with E-state index in [-0.39, 0.29) is 18.5 Å². The Morgan fingerprint density at radius 3 is 2.00 bits per heavy atom. The molecule has 0 saturated heterocycles. The highest BCUT2D eigenvalue weighted by Crippen LogP contribution is 2.35. The zero-order valence-electron chi connectivity index (χ0n) is 13.5. The van der Waals surface area contributed by atoms with Crippen molar-refractivity contribution in [2.75, 3.05) is 13.2 Å². The Bertz CT molecular complexity index is 313. The van der Waals surface area contributed by atoms with Crippen molar-refractivity contribution in [1.29, 1.82) is 0 Å². The van der Waals surface area contributed by atoms with E-state index in [1.807, 2.05) is 20.8 Å². The van der Waals surface area contributed by atoms with Crippen LogP contribution in [0.5, 0.6) is 0 Å². The molecule has 0 aliphatic carbocycles. The van der Waals surface area contributed by atoms with Crippen molar-refractivity contribution in [1.82, 2.24) is 0 Å². The Balaban J connectivity index is 5.13. The molecular formula is C15H28O5. The summed E-state index contributed by atoms with van der Waals surface area (Å²) in [6.07, 6.45) is -0.174. The molecule has 0 bridgehead atoms. The molecule has 5 heteroatoms. The number of hydrogen-bond acceptors (Lipinski definition) is 5. The molecule has 0 aromatic heterocycles. The van der Waals surface area contributed by atoms with Gasteiger partial charge in [-0.1, -0.05) is 20.8 Å². The topological polar surface area (TPSA) is 61.8 Å². The summed E-state index contributed by atoms with van der Waals surface area (Å²) in [7, 11) is 0. The molecule has 0 aliphatic heterocycles. The van der Waals surface area contributed by atoms with E-state index in [4.69, 9.17) is 14.2 Å². The van der Waals surface area contributed by atoms with Crippen molar-refractivity contribution < 1.29 is 23.8 Å². The Hall–Kier alpha value is -1.26. The monoisotopic (exact) mass is 288 g/mol. The van der Waals surface area contributed by atoms with E-state index in [1.54, 1.807) is 20.8 Å². The number of carbonyl (C=O) groups is 2. The SMILES string of the molecule is CCOC(=O)OC(CC)C(C)(CC(C)C)C(=O)OCC. The molecule has 118 valence electrons. The normalized spacial score (nSPS) is 15.3. The van der Waals surface area contributed by atoms with Crippen LogP contribution in [-0.4, -0.2) is 31.4 Å². The molecule has 0 aliphatic rings. The van der Waals surface area contributed by atoms with Gasteiger partial charge in [0.2, 0.25) is 0 Å². The van der Waals surface area contributed by atoms with Gasteiger partial charge in [0.1, 0.15) is 11.5 Å². The van der Waals surface area contributed by atoms with Crippen LogP contribution in [0.3, 0.4) is 0 Å². The third kappa shape index (κ3) is 5.39. The number of esters is 1. The van der Waals surface area contributed by atoms with Gasteiger partial charge >= 0.3 is 12.1 Å². The van der Waals surface area contributed by atoms with Crippen LogP contribution in [0, 0.1) is 11.3 Å². The van der Waals surface area contributed by atoms with Crippen LogP contribution >= 0.6 is 0 Å². The van der Waals surface area contributed by atoms with Crippen LogP contribution < -0.4 is 0 Å². The Morgan fingerprint density at radius 1 is 1.05 bits per heavy atom. The Morgan fingerprint density at radius 2 is 1.60 bits per heavy atom. The molecule has 0 spiro atoms. The van der Waals surface area contributed by atoms with E-state index in [2.05, 4.69) is 0 Å². The van der Waals surface area contributed by atoms with E-state index < -0.39 is 17.7 Å². The average Bonchev–Trinajstić information content (AvgIpc) is 2.35. The summed E-state index contributed by atoms with van der Waals surface area (Å²) in [5.74, 6) is -0.0471. The molecule has 20 heavy (non-hydrogen) atoms. The van der Waals surface area contributed by atoms with Gasteiger partial charge in [0.15, 0.2) is 0 Å². The molecule has 0 radical (unpaired) electrons. The highest BCUT2D eigenvalue weighted by Gasteiger charge is 2.45. The zero-order chi connectivity index (χ0) is 15.8. The average molecular weight is 288 g/mol. The van der Waals surface area contributed by atoms with Gasteiger partial charge in [-0.2, -0.15) is 0 Å². The second kappa shape index (κ2) is 8.82. The van der Waals surface area contributed by atoms with Crippen molar-refractivity contribution in [3.8, 4) is 0 Å². The van der Waals surface area contributed by atoms with Crippen LogP contribution in [0.2, 0.25) is 0 Å². The second-order valence-corrected chi connectivity index (χ2v) is 5.43. The maximum Gasteiger partial charge on any atom is 0.508 e. The van der Waals surface area contributed by atoms with E-state index in [9.17, 15) is 9.59 Å². The summed E-state index contributed by atoms with van der Waals surface area (Å²) in [6, 6.07) is 0. The van der Waals surface area contributed by atoms with Crippen molar-refractivity contribution in [3.63, 3.8) is 0 Å². The Kier molecular flexibility index (Phi) is 8.26. The van der Waals surface area contributed by atoms with E-state index in [0.717, 1.165) is 0 Å². The van der Waals surface area contributed by atoms with E-state index in [1.165, 1.54) is 0 Å². The van der Waals surface area contributed by atoms with Crippen molar-refractivity contribution in [3.05, 3.63) is 0 Å². The van der Waals surface area contributed by atoms with Crippen LogP contribution in [-0.2, 0) is 19.0 Å². The van der Waals surface area contributed by atoms with Gasteiger partial charge in [-0.15, -0.1) is 0 Å². The van der Waals surface area contributed by atoms with E-state index in [0.29, 0.717) is 19.4 Å². The van der Waals surface area contributed by atoms with Crippen LogP contribution in [0.1, 0.15) is 54.4 Å². The molecule has 0 aromatic rings. The molecule has 0 amide bonds. The number of ether oxygens (including phenoxy) is 3. The highest BCUT2D eigenvalue weighted by atomic mass is 16.7. The molecule has 0 aromatic carbocycles. The fourth-order valence-electron chi connectivity index (χ4n) is 2.42. The summed E-state index contributed by atoms with van der Waals surface area (Å²) >= 11 is 0. The predicted molar refractivity (Wildman–Crippen MR) is 76.4 cm³/mol. The summed E-state index contributed by atoms with van der Waals surface area (Å²) in [4.78, 5) is 23.8. The first-order valence-corrected chi connectivity index (χ1v) is 7.32. The van der Waals surface area contributed by atoms with Gasteiger partial charge in [0.05, 0.1) is 13.2 Å². The van der Waals surface area contributed by atoms with Gasteiger partial charge < -0.3 is 14.2 Å². The highest BCUT2D eigenvalue weighted by molar-refractivity contribution is 5.77. The van der Waals surface area contributed by atoms with Crippen molar-refractivity contribution in [2.24, 2.45) is 11.3 Å². The quantitative estimate of drug-likeness (QED) is 0.639. The first-order valence-electron chi connectivity index (χ1n) is 7.32. The van der Waals surface area contributed by atoms with Gasteiger partial charge in [0.25, 0.3) is 0 Å². The van der Waals surface area contributed by atoms with Crippen LogP contribution in [0.25, 0.3) is 0 Å². The molecule has 0 rings (SSSR count). The fraction of sp³-hybridized carbons (Fsp3) is 0.867. The molecule has 0 fully saturated rings. The van der Waals surface area contributed by atoms with Gasteiger partial charge in [-0.3, -0.25) is 4.79 Å². The lowest BCUT2D eigenvalue weighted by molar-refractivity contribution is -0.164. The second-order valence-electron chi connectivity index (χ2n) is 5.43. The largest absolute Gasteiger partial charge is 0.508 e. The Labute approximate surface area is 122 Å². The van der Waals surface area contributed by atoms with Crippen LogP contribution in [0.4, 0.5) is 4.79 Å². The maximum absolute atomic E-state index is 12.3. The number of carbonyl (C=O) groups excluding carboxylic acids is 2. The number of rotatable bonds is 8. The lowest BCUT2D eigenvalue weighted by atomic mass is 9.76. The minimum absolute atomic E-state index is 0.246. The smallest absolute Gasteiger partial charge is 0.465 e. The van der Waals surface area contributed by atoms with Gasteiger partial charge in [-0.05, 0) is 39.5 Å². The lowest BCUT2D eigenvalue weighted by Gasteiger charge is -2.35. The minimum atomic E-state index is -0.855. The molecular weight excluding hydrogens is 260 g/mol.